The van der Waals surface area contributed by atoms with Crippen molar-refractivity contribution in [3.8, 4) is 11.1 Å². The SMILES string of the molecule is O=C1COCC(c2cnccc2-c2ccsc2)N1Cc1ccc(Cl)cc1. The Balaban J connectivity index is 1.70. The van der Waals surface area contributed by atoms with Gasteiger partial charge in [0.1, 0.15) is 6.61 Å². The summed E-state index contributed by atoms with van der Waals surface area (Å²) in [5.74, 6) is -0.0173. The van der Waals surface area contributed by atoms with Gasteiger partial charge in [0, 0.05) is 29.5 Å². The zero-order chi connectivity index (χ0) is 17.9. The van der Waals surface area contributed by atoms with Crippen molar-refractivity contribution < 1.29 is 9.53 Å². The number of carbonyl (C=O) groups is 1. The number of hydrogen-bond acceptors (Lipinski definition) is 4. The lowest BCUT2D eigenvalue weighted by Crippen LogP contribution is -2.43. The van der Waals surface area contributed by atoms with E-state index in [0.717, 1.165) is 22.3 Å². The summed E-state index contributed by atoms with van der Waals surface area (Å²) in [6, 6.07) is 11.5. The lowest BCUT2D eigenvalue weighted by molar-refractivity contribution is -0.149. The second-order valence-electron chi connectivity index (χ2n) is 6.15. The molecule has 6 heteroatoms. The first kappa shape index (κ1) is 17.2. The fraction of sp³-hybridized carbons (Fsp3) is 0.200. The van der Waals surface area contributed by atoms with Crippen LogP contribution in [0.25, 0.3) is 11.1 Å². The van der Waals surface area contributed by atoms with E-state index in [-0.39, 0.29) is 18.6 Å². The summed E-state index contributed by atoms with van der Waals surface area (Å²) in [5, 5.41) is 4.84. The maximum atomic E-state index is 12.6. The highest BCUT2D eigenvalue weighted by atomic mass is 35.5. The molecule has 0 bridgehead atoms. The summed E-state index contributed by atoms with van der Waals surface area (Å²) in [6.45, 7) is 1.09. The van der Waals surface area contributed by atoms with Gasteiger partial charge in [0.15, 0.2) is 0 Å². The van der Waals surface area contributed by atoms with Gasteiger partial charge in [0.05, 0.1) is 12.6 Å². The number of thiophene rings is 1. The zero-order valence-electron chi connectivity index (χ0n) is 14.0. The van der Waals surface area contributed by atoms with Crippen molar-refractivity contribution in [2.24, 2.45) is 0 Å². The van der Waals surface area contributed by atoms with Gasteiger partial charge < -0.3 is 9.64 Å². The van der Waals surface area contributed by atoms with Gasteiger partial charge >= 0.3 is 0 Å². The van der Waals surface area contributed by atoms with E-state index >= 15 is 0 Å². The predicted molar refractivity (Wildman–Crippen MR) is 103 cm³/mol. The number of benzene rings is 1. The molecule has 1 aromatic carbocycles. The number of nitrogens with zero attached hydrogens (tertiary/aromatic N) is 2. The summed E-state index contributed by atoms with van der Waals surface area (Å²) in [4.78, 5) is 18.8. The second-order valence-corrected chi connectivity index (χ2v) is 7.37. The number of morpholine rings is 1. The van der Waals surface area contributed by atoms with Crippen molar-refractivity contribution in [3.05, 3.63) is 75.7 Å². The summed E-state index contributed by atoms with van der Waals surface area (Å²) in [6.07, 6.45) is 3.63. The van der Waals surface area contributed by atoms with E-state index in [1.165, 1.54) is 0 Å². The molecule has 0 spiro atoms. The quantitative estimate of drug-likeness (QED) is 0.662. The summed E-state index contributed by atoms with van der Waals surface area (Å²) in [7, 11) is 0. The Kier molecular flexibility index (Phi) is 5.02. The first-order valence-electron chi connectivity index (χ1n) is 8.30. The molecule has 0 aliphatic carbocycles. The number of amides is 1. The minimum Gasteiger partial charge on any atom is -0.369 e. The molecule has 4 rings (SSSR count). The molecule has 3 aromatic rings. The number of aromatic nitrogens is 1. The Morgan fingerprint density at radius 3 is 2.85 bits per heavy atom. The Labute approximate surface area is 161 Å². The highest BCUT2D eigenvalue weighted by molar-refractivity contribution is 7.08. The maximum absolute atomic E-state index is 12.6. The maximum Gasteiger partial charge on any atom is 0.249 e. The third kappa shape index (κ3) is 3.51. The largest absolute Gasteiger partial charge is 0.369 e. The first-order chi connectivity index (χ1) is 12.7. The molecule has 2 aromatic heterocycles. The van der Waals surface area contributed by atoms with Crippen molar-refractivity contribution in [1.29, 1.82) is 0 Å². The number of carbonyl (C=O) groups excluding carboxylic acids is 1. The Hall–Kier alpha value is -2.21. The van der Waals surface area contributed by atoms with Crippen LogP contribution in [-0.2, 0) is 16.1 Å². The van der Waals surface area contributed by atoms with Crippen LogP contribution < -0.4 is 0 Å². The molecular formula is C20H17ClN2O2S. The number of rotatable bonds is 4. The number of hydrogen-bond donors (Lipinski definition) is 0. The van der Waals surface area contributed by atoms with Crippen LogP contribution in [0.2, 0.25) is 5.02 Å². The number of halogens is 1. The van der Waals surface area contributed by atoms with Crippen LogP contribution in [0, 0.1) is 0 Å². The second kappa shape index (κ2) is 7.58. The van der Waals surface area contributed by atoms with Gasteiger partial charge in [-0.3, -0.25) is 9.78 Å². The topological polar surface area (TPSA) is 42.4 Å². The molecule has 1 atom stereocenters. The lowest BCUT2D eigenvalue weighted by atomic mass is 9.97. The lowest BCUT2D eigenvalue weighted by Gasteiger charge is -2.36. The van der Waals surface area contributed by atoms with E-state index in [1.807, 2.05) is 46.8 Å². The minimum atomic E-state index is -0.171. The van der Waals surface area contributed by atoms with Crippen molar-refractivity contribution in [1.82, 2.24) is 9.88 Å². The molecule has 1 aliphatic rings. The van der Waals surface area contributed by atoms with Crippen LogP contribution in [0.3, 0.4) is 0 Å². The van der Waals surface area contributed by atoms with Crippen LogP contribution in [-0.4, -0.2) is 29.0 Å². The molecule has 1 amide bonds. The van der Waals surface area contributed by atoms with Gasteiger partial charge in [-0.2, -0.15) is 11.3 Å². The highest BCUT2D eigenvalue weighted by Crippen LogP contribution is 2.34. The van der Waals surface area contributed by atoms with Crippen molar-refractivity contribution in [2.75, 3.05) is 13.2 Å². The zero-order valence-corrected chi connectivity index (χ0v) is 15.5. The van der Waals surface area contributed by atoms with Crippen LogP contribution in [0.4, 0.5) is 0 Å². The minimum absolute atomic E-state index is 0.0173. The van der Waals surface area contributed by atoms with Gasteiger partial charge in [-0.1, -0.05) is 23.7 Å². The predicted octanol–water partition coefficient (Wildman–Crippen LogP) is 4.56. The third-order valence-electron chi connectivity index (χ3n) is 4.51. The van der Waals surface area contributed by atoms with E-state index < -0.39 is 0 Å². The van der Waals surface area contributed by atoms with E-state index in [0.29, 0.717) is 18.2 Å². The molecule has 1 unspecified atom stereocenters. The summed E-state index contributed by atoms with van der Waals surface area (Å²) in [5.41, 5.74) is 4.27. The Morgan fingerprint density at radius 1 is 1.23 bits per heavy atom. The summed E-state index contributed by atoms with van der Waals surface area (Å²) < 4.78 is 5.57. The van der Waals surface area contributed by atoms with Crippen LogP contribution in [0.1, 0.15) is 17.2 Å². The average molecular weight is 385 g/mol. The van der Waals surface area contributed by atoms with Crippen LogP contribution in [0.15, 0.2) is 59.6 Å². The molecular weight excluding hydrogens is 368 g/mol. The van der Waals surface area contributed by atoms with E-state index in [1.54, 1.807) is 17.5 Å². The van der Waals surface area contributed by atoms with Crippen LogP contribution >= 0.6 is 22.9 Å². The van der Waals surface area contributed by atoms with Gasteiger partial charge in [-0.15, -0.1) is 0 Å². The fourth-order valence-corrected chi connectivity index (χ4v) is 3.98. The average Bonchev–Trinajstić information content (AvgIpc) is 3.20. The van der Waals surface area contributed by atoms with E-state index in [2.05, 4.69) is 16.4 Å². The fourth-order valence-electron chi connectivity index (χ4n) is 3.20. The van der Waals surface area contributed by atoms with Crippen molar-refractivity contribution >= 4 is 28.8 Å². The molecule has 4 nitrogen and oxygen atoms in total. The van der Waals surface area contributed by atoms with Gasteiger partial charge in [0.2, 0.25) is 5.91 Å². The molecule has 1 aliphatic heterocycles. The first-order valence-corrected chi connectivity index (χ1v) is 9.62. The van der Waals surface area contributed by atoms with Crippen molar-refractivity contribution in [3.63, 3.8) is 0 Å². The molecule has 0 N–H and O–H groups in total. The number of ether oxygens (including phenoxy) is 1. The smallest absolute Gasteiger partial charge is 0.249 e. The van der Waals surface area contributed by atoms with Gasteiger partial charge in [0.25, 0.3) is 0 Å². The molecule has 1 saturated heterocycles. The molecule has 0 saturated carbocycles. The monoisotopic (exact) mass is 384 g/mol. The van der Waals surface area contributed by atoms with Gasteiger partial charge in [-0.25, -0.2) is 0 Å². The Morgan fingerprint density at radius 2 is 2.08 bits per heavy atom. The normalized spacial score (nSPS) is 17.5. The molecule has 132 valence electrons. The number of pyridine rings is 1. The molecule has 1 fully saturated rings. The van der Waals surface area contributed by atoms with Crippen LogP contribution in [0.5, 0.6) is 0 Å². The van der Waals surface area contributed by atoms with E-state index in [4.69, 9.17) is 16.3 Å². The third-order valence-corrected chi connectivity index (χ3v) is 5.44. The highest BCUT2D eigenvalue weighted by Gasteiger charge is 2.31. The van der Waals surface area contributed by atoms with Crippen molar-refractivity contribution in [2.45, 2.75) is 12.6 Å². The molecule has 26 heavy (non-hydrogen) atoms. The molecule has 0 radical (unpaired) electrons. The summed E-state index contributed by atoms with van der Waals surface area (Å²) >= 11 is 7.63. The standard InChI is InChI=1S/C20H17ClN2O2S/c21-16-3-1-14(2-4-16)10-23-19(11-25-12-20(23)24)18-9-22-7-5-17(18)15-6-8-26-13-15/h1-9,13,19H,10-12H2. The van der Waals surface area contributed by atoms with E-state index in [9.17, 15) is 4.79 Å². The van der Waals surface area contributed by atoms with Gasteiger partial charge in [-0.05, 0) is 51.7 Å². The Bertz CT molecular complexity index is 896. The molecule has 3 heterocycles.